The maximum Gasteiger partial charge on any atom is 0.335 e. The number of carboxylic acids is 1. The zero-order chi connectivity index (χ0) is 22.9. The lowest BCUT2D eigenvalue weighted by Crippen LogP contribution is -2.39. The van der Waals surface area contributed by atoms with Crippen molar-refractivity contribution >= 4 is 22.9 Å². The van der Waals surface area contributed by atoms with Crippen molar-refractivity contribution in [3.8, 4) is 0 Å². The normalized spacial score (nSPS) is 13.9. The van der Waals surface area contributed by atoms with Gasteiger partial charge in [0.15, 0.2) is 5.60 Å². The number of rotatable bonds is 7. The zero-order valence-electron chi connectivity index (χ0n) is 18.2. The monoisotopic (exact) mass is 439 g/mol. The summed E-state index contributed by atoms with van der Waals surface area (Å²) in [7, 11) is 0. The second-order valence-corrected chi connectivity index (χ2v) is 8.50. The fourth-order valence-corrected chi connectivity index (χ4v) is 4.07. The van der Waals surface area contributed by atoms with Gasteiger partial charge in [-0.05, 0) is 55.7 Å². The third kappa shape index (κ3) is 4.36. The maximum atomic E-state index is 13.7. The first-order valence-electron chi connectivity index (χ1n) is 10.6. The van der Waals surface area contributed by atoms with Crippen LogP contribution in [0.5, 0.6) is 0 Å². The van der Waals surface area contributed by atoms with E-state index >= 15 is 0 Å². The number of nitrogens with zero attached hydrogens (tertiary/aromatic N) is 3. The molecule has 3 aromatic rings. The first-order valence-corrected chi connectivity index (χ1v) is 10.6. The van der Waals surface area contributed by atoms with Crippen molar-refractivity contribution in [3.05, 3.63) is 65.2 Å². The Kier molecular flexibility index (Phi) is 5.97. The summed E-state index contributed by atoms with van der Waals surface area (Å²) in [6, 6.07) is 10.4. The standard InChI is InChI=1S/C24H26FN3O4/c1-24(2,23(30)31)32-12-9-21(29)27-11-8-18-19-7-4-10-26-22(19)28(20(18)15-27)14-16-5-3-6-17(25)13-16/h3-7,10,13H,8-9,11-12,14-15H2,1-2H3,(H,30,31). The highest BCUT2D eigenvalue weighted by Crippen LogP contribution is 2.31. The van der Waals surface area contributed by atoms with Crippen molar-refractivity contribution < 1.29 is 23.8 Å². The van der Waals surface area contributed by atoms with Crippen LogP contribution >= 0.6 is 0 Å². The number of carboxylic acid groups (broad SMARTS) is 1. The molecule has 1 aromatic carbocycles. The van der Waals surface area contributed by atoms with E-state index in [1.807, 2.05) is 18.2 Å². The molecule has 1 amide bonds. The Morgan fingerprint density at radius 3 is 2.81 bits per heavy atom. The third-order valence-electron chi connectivity index (χ3n) is 5.89. The van der Waals surface area contributed by atoms with Crippen LogP contribution in [0, 0.1) is 5.82 Å². The molecule has 0 saturated heterocycles. The Labute approximate surface area is 185 Å². The molecule has 1 N–H and O–H groups in total. The van der Waals surface area contributed by atoms with E-state index in [0.717, 1.165) is 27.9 Å². The second-order valence-electron chi connectivity index (χ2n) is 8.50. The molecule has 0 atom stereocenters. The average molecular weight is 439 g/mol. The van der Waals surface area contributed by atoms with Gasteiger partial charge in [-0.1, -0.05) is 12.1 Å². The number of carbonyl (C=O) groups excluding carboxylic acids is 1. The van der Waals surface area contributed by atoms with Crippen LogP contribution in [0.2, 0.25) is 0 Å². The van der Waals surface area contributed by atoms with Crippen molar-refractivity contribution in [1.29, 1.82) is 0 Å². The van der Waals surface area contributed by atoms with Crippen molar-refractivity contribution in [2.45, 2.75) is 45.4 Å². The first-order chi connectivity index (χ1) is 15.3. The van der Waals surface area contributed by atoms with E-state index in [1.165, 1.54) is 26.0 Å². The van der Waals surface area contributed by atoms with Crippen molar-refractivity contribution in [2.75, 3.05) is 13.2 Å². The molecule has 8 heteroatoms. The zero-order valence-corrected chi connectivity index (χ0v) is 18.2. The number of carbonyl (C=O) groups is 2. The van der Waals surface area contributed by atoms with Crippen molar-refractivity contribution in [3.63, 3.8) is 0 Å². The third-order valence-corrected chi connectivity index (χ3v) is 5.89. The Morgan fingerprint density at radius 2 is 2.06 bits per heavy atom. The van der Waals surface area contributed by atoms with E-state index in [1.54, 1.807) is 17.2 Å². The van der Waals surface area contributed by atoms with Gasteiger partial charge in [-0.2, -0.15) is 0 Å². The topological polar surface area (TPSA) is 84.7 Å². The highest BCUT2D eigenvalue weighted by Gasteiger charge is 2.30. The molecule has 0 aliphatic carbocycles. The summed E-state index contributed by atoms with van der Waals surface area (Å²) in [4.78, 5) is 30.3. The molecule has 0 fully saturated rings. The van der Waals surface area contributed by atoms with Gasteiger partial charge in [-0.3, -0.25) is 4.79 Å². The van der Waals surface area contributed by atoms with E-state index in [4.69, 9.17) is 9.84 Å². The minimum atomic E-state index is -1.33. The van der Waals surface area contributed by atoms with Gasteiger partial charge in [0.25, 0.3) is 0 Å². The highest BCUT2D eigenvalue weighted by molar-refractivity contribution is 5.84. The van der Waals surface area contributed by atoms with Crippen LogP contribution in [0.3, 0.4) is 0 Å². The highest BCUT2D eigenvalue weighted by atomic mass is 19.1. The van der Waals surface area contributed by atoms with E-state index in [-0.39, 0.29) is 24.8 Å². The summed E-state index contributed by atoms with van der Waals surface area (Å²) < 4.78 is 21.2. The SMILES string of the molecule is CC(C)(OCCC(=O)N1CCc2c(n(Cc3cccc(F)c3)c3ncccc23)C1)C(=O)O. The Hall–Kier alpha value is -3.26. The fourth-order valence-electron chi connectivity index (χ4n) is 4.07. The molecule has 7 nitrogen and oxygen atoms in total. The van der Waals surface area contributed by atoms with Crippen molar-refractivity contribution in [1.82, 2.24) is 14.5 Å². The van der Waals surface area contributed by atoms with Gasteiger partial charge >= 0.3 is 5.97 Å². The van der Waals surface area contributed by atoms with Crippen LogP contribution < -0.4 is 0 Å². The number of ether oxygens (including phenoxy) is 1. The molecule has 4 rings (SSSR count). The largest absolute Gasteiger partial charge is 0.479 e. The lowest BCUT2D eigenvalue weighted by molar-refractivity contribution is -0.162. The Morgan fingerprint density at radius 1 is 1.25 bits per heavy atom. The molecule has 2 aromatic heterocycles. The predicted molar refractivity (Wildman–Crippen MR) is 117 cm³/mol. The molecular weight excluding hydrogens is 413 g/mol. The van der Waals surface area contributed by atoms with Gasteiger partial charge in [0.05, 0.1) is 19.6 Å². The summed E-state index contributed by atoms with van der Waals surface area (Å²) in [5, 5.41) is 10.2. The second kappa shape index (κ2) is 8.70. The van der Waals surface area contributed by atoms with Crippen LogP contribution in [-0.2, 0) is 33.8 Å². The van der Waals surface area contributed by atoms with Crippen molar-refractivity contribution in [2.24, 2.45) is 0 Å². The lowest BCUT2D eigenvalue weighted by Gasteiger charge is -2.29. The molecule has 3 heterocycles. The molecule has 0 saturated carbocycles. The van der Waals surface area contributed by atoms with E-state index in [0.29, 0.717) is 26.1 Å². The molecule has 1 aliphatic heterocycles. The number of pyridine rings is 1. The smallest absolute Gasteiger partial charge is 0.335 e. The van der Waals surface area contributed by atoms with Gasteiger partial charge in [0.1, 0.15) is 11.5 Å². The number of hydrogen-bond donors (Lipinski definition) is 1. The van der Waals surface area contributed by atoms with Crippen LogP contribution in [0.25, 0.3) is 11.0 Å². The van der Waals surface area contributed by atoms with E-state index in [9.17, 15) is 14.0 Å². The molecule has 0 bridgehead atoms. The van der Waals surface area contributed by atoms with Crippen LogP contribution in [-0.4, -0.2) is 50.2 Å². The number of halogens is 1. The maximum absolute atomic E-state index is 13.7. The number of amides is 1. The number of hydrogen-bond acceptors (Lipinski definition) is 4. The van der Waals surface area contributed by atoms with Gasteiger partial charge in [-0.15, -0.1) is 0 Å². The molecular formula is C24H26FN3O4. The summed E-state index contributed by atoms with van der Waals surface area (Å²) in [5.74, 6) is -1.45. The number of aromatic nitrogens is 2. The van der Waals surface area contributed by atoms with Gasteiger partial charge in [0.2, 0.25) is 5.91 Å². The predicted octanol–water partition coefficient (Wildman–Crippen LogP) is 3.38. The summed E-state index contributed by atoms with van der Waals surface area (Å²) in [6.07, 6.45) is 2.54. The summed E-state index contributed by atoms with van der Waals surface area (Å²) >= 11 is 0. The molecule has 32 heavy (non-hydrogen) atoms. The van der Waals surface area contributed by atoms with Gasteiger partial charge in [-0.25, -0.2) is 14.2 Å². The first kappa shape index (κ1) is 22.0. The van der Waals surface area contributed by atoms with E-state index < -0.39 is 11.6 Å². The van der Waals surface area contributed by atoms with Crippen LogP contribution in [0.1, 0.15) is 37.1 Å². The number of aliphatic carboxylic acids is 1. The van der Waals surface area contributed by atoms with Gasteiger partial charge < -0.3 is 19.3 Å². The minimum absolute atomic E-state index is 0.0370. The summed E-state index contributed by atoms with van der Waals surface area (Å²) in [5.41, 5.74) is 2.47. The van der Waals surface area contributed by atoms with Crippen LogP contribution in [0.15, 0.2) is 42.6 Å². The number of benzene rings is 1. The number of fused-ring (bicyclic) bond motifs is 3. The lowest BCUT2D eigenvalue weighted by atomic mass is 10.0. The fraction of sp³-hybridized carbons (Fsp3) is 0.375. The molecule has 0 unspecified atom stereocenters. The molecule has 1 aliphatic rings. The van der Waals surface area contributed by atoms with E-state index in [2.05, 4.69) is 9.55 Å². The quantitative estimate of drug-likeness (QED) is 0.610. The Balaban J connectivity index is 1.55. The molecule has 168 valence electrons. The van der Waals surface area contributed by atoms with Gasteiger partial charge in [0, 0.05) is 30.4 Å². The average Bonchev–Trinajstić information content (AvgIpc) is 3.06. The minimum Gasteiger partial charge on any atom is -0.479 e. The Bertz CT molecular complexity index is 1170. The summed E-state index contributed by atoms with van der Waals surface area (Å²) in [6.45, 7) is 4.41. The molecule has 0 spiro atoms. The van der Waals surface area contributed by atoms with Crippen LogP contribution in [0.4, 0.5) is 4.39 Å². The molecule has 0 radical (unpaired) electrons.